The van der Waals surface area contributed by atoms with Gasteiger partial charge in [0, 0.05) is 18.8 Å². The Kier molecular flexibility index (Phi) is 6.97. The second kappa shape index (κ2) is 9.49. The van der Waals surface area contributed by atoms with Crippen LogP contribution in [0.5, 0.6) is 5.75 Å². The Hall–Kier alpha value is -2.91. The summed E-state index contributed by atoms with van der Waals surface area (Å²) in [5.41, 5.74) is 1.62. The average Bonchev–Trinajstić information content (AvgIpc) is 2.80. The van der Waals surface area contributed by atoms with Gasteiger partial charge in [0.2, 0.25) is 15.9 Å². The van der Waals surface area contributed by atoms with Gasteiger partial charge in [-0.3, -0.25) is 4.79 Å². The highest BCUT2D eigenvalue weighted by Gasteiger charge is 2.33. The third-order valence-electron chi connectivity index (χ3n) is 5.37. The number of piperidine rings is 1. The van der Waals surface area contributed by atoms with Gasteiger partial charge in [-0.2, -0.15) is 4.31 Å². The molecule has 1 aliphatic heterocycles. The van der Waals surface area contributed by atoms with Gasteiger partial charge in [-0.25, -0.2) is 13.2 Å². The smallest absolute Gasteiger partial charge is 0.337 e. The number of sulfonamides is 1. The fourth-order valence-electron chi connectivity index (χ4n) is 3.51. The number of rotatable bonds is 6. The fraction of sp³-hybridized carbons (Fsp3) is 0.364. The largest absolute Gasteiger partial charge is 0.497 e. The number of carbonyl (C=O) groups excluding carboxylic acids is 2. The van der Waals surface area contributed by atoms with Crippen LogP contribution in [0.15, 0.2) is 47.4 Å². The number of hydrogen-bond donors (Lipinski definition) is 1. The molecule has 0 saturated carbocycles. The molecule has 3 rings (SSSR count). The number of nitrogens with one attached hydrogen (secondary N) is 1. The molecule has 1 fully saturated rings. The number of anilines is 1. The molecule has 0 spiro atoms. The van der Waals surface area contributed by atoms with Crippen molar-refractivity contribution in [2.24, 2.45) is 5.92 Å². The van der Waals surface area contributed by atoms with Crippen molar-refractivity contribution >= 4 is 27.6 Å². The van der Waals surface area contributed by atoms with E-state index in [1.165, 1.54) is 30.7 Å². The van der Waals surface area contributed by atoms with E-state index in [9.17, 15) is 18.0 Å². The molecule has 0 aromatic heterocycles. The third kappa shape index (κ3) is 5.05. The molecule has 1 saturated heterocycles. The molecule has 1 aliphatic rings. The summed E-state index contributed by atoms with van der Waals surface area (Å²) >= 11 is 0. The Morgan fingerprint density at radius 2 is 1.81 bits per heavy atom. The molecule has 1 N–H and O–H groups in total. The van der Waals surface area contributed by atoms with Crippen LogP contribution < -0.4 is 10.1 Å². The Morgan fingerprint density at radius 3 is 2.45 bits per heavy atom. The SMILES string of the molecule is COC(=O)c1ccc(C)c(NC(=O)[C@H]2CCCN(S(=O)(=O)c3ccc(OC)cc3)C2)c1. The number of methoxy groups -OCH3 is 2. The zero-order valence-corrected chi connectivity index (χ0v) is 18.6. The summed E-state index contributed by atoms with van der Waals surface area (Å²) in [6.07, 6.45) is 1.16. The topological polar surface area (TPSA) is 102 Å². The first-order valence-corrected chi connectivity index (χ1v) is 11.3. The normalized spacial score (nSPS) is 17.1. The van der Waals surface area contributed by atoms with E-state index < -0.39 is 21.9 Å². The number of carbonyl (C=O) groups is 2. The molecule has 1 atom stereocenters. The minimum atomic E-state index is -3.72. The summed E-state index contributed by atoms with van der Waals surface area (Å²) in [5.74, 6) is -0.702. The Morgan fingerprint density at radius 1 is 1.10 bits per heavy atom. The van der Waals surface area contributed by atoms with Crippen LogP contribution in [0.1, 0.15) is 28.8 Å². The van der Waals surface area contributed by atoms with Crippen molar-refractivity contribution in [3.8, 4) is 5.75 Å². The summed E-state index contributed by atoms with van der Waals surface area (Å²) in [5, 5.41) is 2.84. The van der Waals surface area contributed by atoms with Gasteiger partial charge in [0.05, 0.1) is 30.6 Å². The molecule has 9 heteroatoms. The van der Waals surface area contributed by atoms with Crippen LogP contribution >= 0.6 is 0 Å². The number of aryl methyl sites for hydroxylation is 1. The maximum atomic E-state index is 13.0. The van der Waals surface area contributed by atoms with E-state index in [1.54, 1.807) is 30.3 Å². The molecular formula is C22H26N2O6S. The minimum Gasteiger partial charge on any atom is -0.497 e. The van der Waals surface area contributed by atoms with Crippen molar-refractivity contribution in [1.29, 1.82) is 0 Å². The number of hydrogen-bond acceptors (Lipinski definition) is 6. The van der Waals surface area contributed by atoms with E-state index in [4.69, 9.17) is 9.47 Å². The van der Waals surface area contributed by atoms with E-state index in [0.717, 1.165) is 5.56 Å². The Bertz CT molecular complexity index is 1070. The van der Waals surface area contributed by atoms with Crippen molar-refractivity contribution in [1.82, 2.24) is 4.31 Å². The van der Waals surface area contributed by atoms with Crippen molar-refractivity contribution in [2.45, 2.75) is 24.7 Å². The predicted octanol–water partition coefficient (Wildman–Crippen LogP) is 2.83. The van der Waals surface area contributed by atoms with Crippen LogP contribution in [0.25, 0.3) is 0 Å². The van der Waals surface area contributed by atoms with Crippen LogP contribution in [0, 0.1) is 12.8 Å². The number of amides is 1. The first-order valence-electron chi connectivity index (χ1n) is 9.90. The van der Waals surface area contributed by atoms with Crippen molar-refractivity contribution in [3.05, 3.63) is 53.6 Å². The lowest BCUT2D eigenvalue weighted by atomic mass is 9.98. The van der Waals surface area contributed by atoms with E-state index in [-0.39, 0.29) is 17.3 Å². The van der Waals surface area contributed by atoms with Crippen molar-refractivity contribution in [2.75, 3.05) is 32.6 Å². The van der Waals surface area contributed by atoms with Gasteiger partial charge < -0.3 is 14.8 Å². The van der Waals surface area contributed by atoms with E-state index in [0.29, 0.717) is 36.4 Å². The first-order chi connectivity index (χ1) is 14.8. The summed E-state index contributed by atoms with van der Waals surface area (Å²) in [7, 11) is -0.913. The van der Waals surface area contributed by atoms with Gasteiger partial charge >= 0.3 is 5.97 Å². The molecule has 2 aromatic rings. The van der Waals surface area contributed by atoms with E-state index in [1.807, 2.05) is 6.92 Å². The summed E-state index contributed by atoms with van der Waals surface area (Å²) in [6.45, 7) is 2.27. The van der Waals surface area contributed by atoms with Gasteiger partial charge in [-0.1, -0.05) is 6.07 Å². The molecule has 2 aromatic carbocycles. The van der Waals surface area contributed by atoms with Crippen LogP contribution in [0.3, 0.4) is 0 Å². The summed E-state index contributed by atoms with van der Waals surface area (Å²) in [6, 6.07) is 11.1. The predicted molar refractivity (Wildman–Crippen MR) is 116 cm³/mol. The minimum absolute atomic E-state index is 0.0932. The third-order valence-corrected chi connectivity index (χ3v) is 7.25. The molecule has 0 radical (unpaired) electrons. The zero-order valence-electron chi connectivity index (χ0n) is 17.8. The van der Waals surface area contributed by atoms with Crippen molar-refractivity contribution < 1.29 is 27.5 Å². The maximum absolute atomic E-state index is 13.0. The molecule has 1 heterocycles. The van der Waals surface area contributed by atoms with Gasteiger partial charge in [0.15, 0.2) is 0 Å². The molecule has 0 aliphatic carbocycles. The second-order valence-electron chi connectivity index (χ2n) is 7.39. The van der Waals surface area contributed by atoms with E-state index >= 15 is 0 Å². The van der Waals surface area contributed by atoms with Gasteiger partial charge in [0.25, 0.3) is 0 Å². The van der Waals surface area contributed by atoms with Crippen LogP contribution in [0.4, 0.5) is 5.69 Å². The number of nitrogens with zero attached hydrogens (tertiary/aromatic N) is 1. The van der Waals surface area contributed by atoms with Crippen LogP contribution in [-0.4, -0.2) is 51.9 Å². The lowest BCUT2D eigenvalue weighted by Gasteiger charge is -2.31. The maximum Gasteiger partial charge on any atom is 0.337 e. The monoisotopic (exact) mass is 446 g/mol. The number of esters is 1. The summed E-state index contributed by atoms with van der Waals surface area (Å²) < 4.78 is 37.2. The molecule has 1 amide bonds. The molecule has 166 valence electrons. The average molecular weight is 447 g/mol. The lowest BCUT2D eigenvalue weighted by Crippen LogP contribution is -2.43. The second-order valence-corrected chi connectivity index (χ2v) is 9.33. The molecule has 0 bridgehead atoms. The standard InChI is InChI=1S/C22H26N2O6S/c1-15-6-7-16(22(26)30-3)13-20(15)23-21(25)17-5-4-12-24(14-17)31(27,28)19-10-8-18(29-2)9-11-19/h6-11,13,17H,4-5,12,14H2,1-3H3,(H,23,25)/t17-/m0/s1. The number of ether oxygens (including phenoxy) is 2. The Balaban J connectivity index is 1.74. The van der Waals surface area contributed by atoms with Crippen LogP contribution in [0.2, 0.25) is 0 Å². The molecule has 8 nitrogen and oxygen atoms in total. The lowest BCUT2D eigenvalue weighted by molar-refractivity contribution is -0.120. The zero-order chi connectivity index (χ0) is 22.6. The quantitative estimate of drug-likeness (QED) is 0.685. The highest BCUT2D eigenvalue weighted by atomic mass is 32.2. The van der Waals surface area contributed by atoms with Gasteiger partial charge in [-0.15, -0.1) is 0 Å². The highest BCUT2D eigenvalue weighted by Crippen LogP contribution is 2.26. The molecular weight excluding hydrogens is 420 g/mol. The number of benzene rings is 2. The van der Waals surface area contributed by atoms with Crippen molar-refractivity contribution in [3.63, 3.8) is 0 Å². The fourth-order valence-corrected chi connectivity index (χ4v) is 5.03. The first kappa shape index (κ1) is 22.8. The Labute approximate surface area is 182 Å². The molecule has 31 heavy (non-hydrogen) atoms. The van der Waals surface area contributed by atoms with Gasteiger partial charge in [-0.05, 0) is 61.7 Å². The molecule has 0 unspecified atom stereocenters. The van der Waals surface area contributed by atoms with E-state index in [2.05, 4.69) is 5.32 Å². The van der Waals surface area contributed by atoms with Gasteiger partial charge in [0.1, 0.15) is 5.75 Å². The highest BCUT2D eigenvalue weighted by molar-refractivity contribution is 7.89. The van der Waals surface area contributed by atoms with Crippen LogP contribution in [-0.2, 0) is 19.6 Å². The summed E-state index contributed by atoms with van der Waals surface area (Å²) in [4.78, 5) is 24.8.